The topological polar surface area (TPSA) is 43.4 Å². The Hall–Kier alpha value is -1.31. The third-order valence-corrected chi connectivity index (χ3v) is 2.68. The average molecular weight is 238 g/mol. The summed E-state index contributed by atoms with van der Waals surface area (Å²) in [6.45, 7) is 0.0903. The summed E-state index contributed by atoms with van der Waals surface area (Å²) in [5.41, 5.74) is 0.990. The molecule has 0 aliphatic rings. The van der Waals surface area contributed by atoms with Crippen molar-refractivity contribution >= 4 is 10.1 Å². The van der Waals surface area contributed by atoms with Gasteiger partial charge in [0.2, 0.25) is 0 Å². The average Bonchev–Trinajstić information content (AvgIpc) is 2.24. The van der Waals surface area contributed by atoms with E-state index in [9.17, 15) is 8.42 Å². The second-order valence-electron chi connectivity index (χ2n) is 3.50. The minimum absolute atomic E-state index is 0.0825. The second kappa shape index (κ2) is 5.69. The third-order valence-electron chi connectivity index (χ3n) is 2.12. The highest BCUT2D eigenvalue weighted by atomic mass is 32.2. The fourth-order valence-corrected chi connectivity index (χ4v) is 1.76. The SMILES string of the molecule is C#CCC(COS(C)(=O)=O)c1ccccc1. The minimum atomic E-state index is -3.41. The van der Waals surface area contributed by atoms with E-state index in [2.05, 4.69) is 5.92 Å². The molecule has 0 saturated heterocycles. The van der Waals surface area contributed by atoms with Gasteiger partial charge in [-0.15, -0.1) is 12.3 Å². The molecule has 0 N–H and O–H groups in total. The molecule has 16 heavy (non-hydrogen) atoms. The van der Waals surface area contributed by atoms with Crippen LogP contribution < -0.4 is 0 Å². The van der Waals surface area contributed by atoms with E-state index >= 15 is 0 Å². The maximum absolute atomic E-state index is 10.9. The molecule has 0 bridgehead atoms. The van der Waals surface area contributed by atoms with E-state index in [0.29, 0.717) is 6.42 Å². The zero-order valence-electron chi connectivity index (χ0n) is 9.09. The number of benzene rings is 1. The third kappa shape index (κ3) is 4.47. The van der Waals surface area contributed by atoms with Crippen LogP contribution in [0.15, 0.2) is 30.3 Å². The Balaban J connectivity index is 2.73. The molecule has 0 aliphatic heterocycles. The molecule has 4 heteroatoms. The second-order valence-corrected chi connectivity index (χ2v) is 5.15. The van der Waals surface area contributed by atoms with E-state index in [-0.39, 0.29) is 12.5 Å². The fourth-order valence-electron chi connectivity index (χ4n) is 1.35. The van der Waals surface area contributed by atoms with E-state index in [0.717, 1.165) is 11.8 Å². The number of terminal acetylenes is 1. The lowest BCUT2D eigenvalue weighted by Gasteiger charge is -2.13. The summed E-state index contributed by atoms with van der Waals surface area (Å²) in [5, 5.41) is 0. The van der Waals surface area contributed by atoms with Crippen molar-refractivity contribution in [3.63, 3.8) is 0 Å². The van der Waals surface area contributed by atoms with Crippen LogP contribution in [0.1, 0.15) is 17.9 Å². The Morgan fingerprint density at radius 2 is 2.00 bits per heavy atom. The molecule has 1 unspecified atom stereocenters. The van der Waals surface area contributed by atoms with Gasteiger partial charge < -0.3 is 0 Å². The predicted octanol–water partition coefficient (Wildman–Crippen LogP) is 1.77. The molecule has 0 aliphatic carbocycles. The molecule has 0 aromatic heterocycles. The predicted molar refractivity (Wildman–Crippen MR) is 63.4 cm³/mol. The van der Waals surface area contributed by atoms with E-state index in [4.69, 9.17) is 10.6 Å². The zero-order valence-corrected chi connectivity index (χ0v) is 9.91. The molecule has 86 valence electrons. The zero-order chi connectivity index (χ0) is 12.0. The largest absolute Gasteiger partial charge is 0.270 e. The van der Waals surface area contributed by atoms with Crippen molar-refractivity contribution in [2.24, 2.45) is 0 Å². The highest BCUT2D eigenvalue weighted by molar-refractivity contribution is 7.85. The van der Waals surface area contributed by atoms with Gasteiger partial charge in [-0.05, 0) is 5.56 Å². The Bertz CT molecular complexity index is 457. The lowest BCUT2D eigenvalue weighted by Crippen LogP contribution is -2.11. The minimum Gasteiger partial charge on any atom is -0.270 e. The molecule has 0 radical (unpaired) electrons. The van der Waals surface area contributed by atoms with Crippen LogP contribution in [0.5, 0.6) is 0 Å². The van der Waals surface area contributed by atoms with Gasteiger partial charge in [0.25, 0.3) is 10.1 Å². The first kappa shape index (κ1) is 12.8. The molecule has 0 fully saturated rings. The quantitative estimate of drug-likeness (QED) is 0.580. The normalized spacial score (nSPS) is 13.0. The first-order valence-corrected chi connectivity index (χ1v) is 6.67. The van der Waals surface area contributed by atoms with Gasteiger partial charge >= 0.3 is 0 Å². The summed E-state index contributed by atoms with van der Waals surface area (Å²) in [4.78, 5) is 0. The Labute approximate surface area is 96.6 Å². The van der Waals surface area contributed by atoms with Crippen LogP contribution in [0.4, 0.5) is 0 Å². The van der Waals surface area contributed by atoms with Crippen molar-refractivity contribution < 1.29 is 12.6 Å². The van der Waals surface area contributed by atoms with Gasteiger partial charge in [0.1, 0.15) is 0 Å². The molecule has 1 aromatic carbocycles. The van der Waals surface area contributed by atoms with Gasteiger partial charge in [0.05, 0.1) is 12.9 Å². The van der Waals surface area contributed by atoms with Crippen LogP contribution in [0.3, 0.4) is 0 Å². The summed E-state index contributed by atoms with van der Waals surface area (Å²) >= 11 is 0. The van der Waals surface area contributed by atoms with Crippen molar-refractivity contribution in [3.8, 4) is 12.3 Å². The van der Waals surface area contributed by atoms with Crippen LogP contribution in [0, 0.1) is 12.3 Å². The van der Waals surface area contributed by atoms with Gasteiger partial charge in [-0.3, -0.25) is 4.18 Å². The lowest BCUT2D eigenvalue weighted by molar-refractivity contribution is 0.296. The maximum atomic E-state index is 10.9. The molecule has 1 aromatic rings. The summed E-state index contributed by atoms with van der Waals surface area (Å²) in [5.74, 6) is 2.45. The van der Waals surface area contributed by atoms with Gasteiger partial charge in [-0.2, -0.15) is 8.42 Å². The van der Waals surface area contributed by atoms with Crippen LogP contribution in [-0.2, 0) is 14.3 Å². The summed E-state index contributed by atoms with van der Waals surface area (Å²) in [6, 6.07) is 9.49. The summed E-state index contributed by atoms with van der Waals surface area (Å²) in [7, 11) is -3.41. The van der Waals surface area contributed by atoms with Crippen LogP contribution in [0.2, 0.25) is 0 Å². The standard InChI is InChI=1S/C12H14O3S/c1-3-7-12(10-15-16(2,13)14)11-8-5-4-6-9-11/h1,4-6,8-9,12H,7,10H2,2H3. The highest BCUT2D eigenvalue weighted by Gasteiger charge is 2.13. The molecule has 0 heterocycles. The molecule has 1 rings (SSSR count). The first-order chi connectivity index (χ1) is 7.53. The van der Waals surface area contributed by atoms with Crippen LogP contribution in [0.25, 0.3) is 0 Å². The molecule has 0 saturated carbocycles. The maximum Gasteiger partial charge on any atom is 0.264 e. The van der Waals surface area contributed by atoms with E-state index in [1.807, 2.05) is 30.3 Å². The molecule has 0 amide bonds. The molecule has 3 nitrogen and oxygen atoms in total. The lowest BCUT2D eigenvalue weighted by atomic mass is 9.97. The van der Waals surface area contributed by atoms with Crippen LogP contribution >= 0.6 is 0 Å². The van der Waals surface area contributed by atoms with E-state index in [1.54, 1.807) is 0 Å². The number of hydrogen-bond donors (Lipinski definition) is 0. The van der Waals surface area contributed by atoms with Crippen molar-refractivity contribution in [2.45, 2.75) is 12.3 Å². The van der Waals surface area contributed by atoms with Crippen molar-refractivity contribution in [3.05, 3.63) is 35.9 Å². The monoisotopic (exact) mass is 238 g/mol. The molecular formula is C12H14O3S. The van der Waals surface area contributed by atoms with Crippen molar-refractivity contribution in [1.29, 1.82) is 0 Å². The van der Waals surface area contributed by atoms with Gasteiger partial charge in [-0.25, -0.2) is 0 Å². The molecular weight excluding hydrogens is 224 g/mol. The van der Waals surface area contributed by atoms with Gasteiger partial charge in [0.15, 0.2) is 0 Å². The van der Waals surface area contributed by atoms with E-state index < -0.39 is 10.1 Å². The number of hydrogen-bond acceptors (Lipinski definition) is 3. The van der Waals surface area contributed by atoms with Crippen LogP contribution in [-0.4, -0.2) is 21.3 Å². The highest BCUT2D eigenvalue weighted by Crippen LogP contribution is 2.19. The Morgan fingerprint density at radius 1 is 1.38 bits per heavy atom. The summed E-state index contributed by atoms with van der Waals surface area (Å²) < 4.78 is 26.6. The van der Waals surface area contributed by atoms with Crippen molar-refractivity contribution in [1.82, 2.24) is 0 Å². The molecule has 1 atom stereocenters. The smallest absolute Gasteiger partial charge is 0.264 e. The Kier molecular flexibility index (Phi) is 4.53. The first-order valence-electron chi connectivity index (χ1n) is 4.86. The van der Waals surface area contributed by atoms with Crippen molar-refractivity contribution in [2.75, 3.05) is 12.9 Å². The Morgan fingerprint density at radius 3 is 2.50 bits per heavy atom. The number of rotatable bonds is 5. The van der Waals surface area contributed by atoms with Gasteiger partial charge in [0, 0.05) is 12.3 Å². The summed E-state index contributed by atoms with van der Waals surface area (Å²) in [6.07, 6.45) is 6.74. The fraction of sp³-hybridized carbons (Fsp3) is 0.333. The van der Waals surface area contributed by atoms with Gasteiger partial charge in [-0.1, -0.05) is 30.3 Å². The van der Waals surface area contributed by atoms with E-state index in [1.165, 1.54) is 0 Å². The molecule has 0 spiro atoms.